The Labute approximate surface area is 122 Å². The molecule has 2 aliphatic rings. The maximum absolute atomic E-state index is 12.0. The number of hydrogen-bond donors (Lipinski definition) is 1. The van der Waals surface area contributed by atoms with Crippen molar-refractivity contribution in [1.82, 2.24) is 20.1 Å². The average molecular weight is 293 g/mol. The smallest absolute Gasteiger partial charge is 0.390 e. The average Bonchev–Trinajstić information content (AvgIpc) is 3.13. The van der Waals surface area contributed by atoms with Crippen LogP contribution in [0.3, 0.4) is 0 Å². The molecule has 1 aromatic heterocycles. The topological polar surface area (TPSA) is 103 Å². The number of nitrogens with one attached hydrogen (secondary N) is 1. The van der Waals surface area contributed by atoms with Gasteiger partial charge in [-0.3, -0.25) is 4.79 Å². The number of fused-ring (bicyclic) bond motifs is 2. The molecule has 1 aromatic rings. The lowest BCUT2D eigenvalue weighted by atomic mass is 9.84. The summed E-state index contributed by atoms with van der Waals surface area (Å²) < 4.78 is 1.20. The number of nitro groups is 1. The van der Waals surface area contributed by atoms with Gasteiger partial charge in [0.1, 0.15) is 6.54 Å². The molecule has 21 heavy (non-hydrogen) atoms. The molecule has 8 nitrogen and oxygen atoms in total. The lowest BCUT2D eigenvalue weighted by Gasteiger charge is -2.28. The number of carbonyl (C=O) groups is 1. The van der Waals surface area contributed by atoms with E-state index in [1.807, 2.05) is 6.92 Å². The van der Waals surface area contributed by atoms with Crippen molar-refractivity contribution >= 4 is 11.9 Å². The molecule has 3 rings (SSSR count). The van der Waals surface area contributed by atoms with Crippen LogP contribution in [0.1, 0.15) is 32.6 Å². The monoisotopic (exact) mass is 293 g/mol. The molecule has 0 saturated heterocycles. The summed E-state index contributed by atoms with van der Waals surface area (Å²) in [7, 11) is 0. The van der Waals surface area contributed by atoms with Crippen LogP contribution in [0.25, 0.3) is 0 Å². The van der Waals surface area contributed by atoms with Crippen molar-refractivity contribution < 1.29 is 9.72 Å². The summed E-state index contributed by atoms with van der Waals surface area (Å²) in [5, 5.41) is 17.1. The number of amides is 1. The van der Waals surface area contributed by atoms with Gasteiger partial charge in [0.2, 0.25) is 12.2 Å². The highest BCUT2D eigenvalue weighted by Crippen LogP contribution is 2.49. The van der Waals surface area contributed by atoms with Crippen molar-refractivity contribution in [2.45, 2.75) is 45.2 Å². The van der Waals surface area contributed by atoms with Crippen LogP contribution in [0.2, 0.25) is 0 Å². The van der Waals surface area contributed by atoms with Crippen LogP contribution in [0.4, 0.5) is 5.95 Å². The molecule has 2 fully saturated rings. The molecule has 1 N–H and O–H groups in total. The van der Waals surface area contributed by atoms with Crippen LogP contribution in [-0.2, 0) is 11.3 Å². The first-order chi connectivity index (χ1) is 10.0. The van der Waals surface area contributed by atoms with Crippen LogP contribution >= 0.6 is 0 Å². The molecule has 0 aromatic carbocycles. The number of carbonyl (C=O) groups excluding carboxylic acids is 1. The van der Waals surface area contributed by atoms with E-state index in [1.54, 1.807) is 0 Å². The molecule has 8 heteroatoms. The van der Waals surface area contributed by atoms with Crippen LogP contribution in [-0.4, -0.2) is 31.6 Å². The van der Waals surface area contributed by atoms with E-state index < -0.39 is 10.9 Å². The fraction of sp³-hybridized carbons (Fsp3) is 0.769. The van der Waals surface area contributed by atoms with Crippen LogP contribution in [0.5, 0.6) is 0 Å². The van der Waals surface area contributed by atoms with Gasteiger partial charge in [-0.15, -0.1) is 0 Å². The van der Waals surface area contributed by atoms with Crippen molar-refractivity contribution in [1.29, 1.82) is 0 Å². The first kappa shape index (κ1) is 14.0. The molecule has 2 bridgehead atoms. The molecule has 2 saturated carbocycles. The van der Waals surface area contributed by atoms with Gasteiger partial charge in [0, 0.05) is 11.1 Å². The highest BCUT2D eigenvalue weighted by Gasteiger charge is 2.42. The van der Waals surface area contributed by atoms with Gasteiger partial charge in [0.05, 0.1) is 0 Å². The van der Waals surface area contributed by atoms with E-state index in [0.717, 1.165) is 11.8 Å². The third-order valence-corrected chi connectivity index (χ3v) is 4.82. The van der Waals surface area contributed by atoms with E-state index in [1.165, 1.54) is 36.7 Å². The van der Waals surface area contributed by atoms with Crippen molar-refractivity contribution in [2.24, 2.45) is 17.8 Å². The molecule has 2 aliphatic carbocycles. The largest absolute Gasteiger partial charge is 0.490 e. The summed E-state index contributed by atoms with van der Waals surface area (Å²) >= 11 is 0. The number of aromatic nitrogens is 3. The van der Waals surface area contributed by atoms with E-state index in [2.05, 4.69) is 15.4 Å². The van der Waals surface area contributed by atoms with Crippen molar-refractivity contribution in [2.75, 3.05) is 0 Å². The van der Waals surface area contributed by atoms with Gasteiger partial charge in [0.25, 0.3) is 0 Å². The predicted molar refractivity (Wildman–Crippen MR) is 73.2 cm³/mol. The minimum atomic E-state index is -0.674. The normalized spacial score (nSPS) is 28.5. The zero-order valence-corrected chi connectivity index (χ0v) is 11.9. The number of rotatable bonds is 5. The van der Waals surface area contributed by atoms with E-state index in [-0.39, 0.29) is 18.5 Å². The summed E-state index contributed by atoms with van der Waals surface area (Å²) in [6, 6.07) is 0.145. The molecule has 4 atom stereocenters. The lowest BCUT2D eigenvalue weighted by Crippen LogP contribution is -2.41. The second-order valence-electron chi connectivity index (χ2n) is 6.19. The summed E-state index contributed by atoms with van der Waals surface area (Å²) in [5.74, 6) is 1.50. The van der Waals surface area contributed by atoms with Crippen molar-refractivity contribution in [3.63, 3.8) is 0 Å². The second-order valence-corrected chi connectivity index (χ2v) is 6.19. The molecule has 1 amide bonds. The zero-order valence-electron chi connectivity index (χ0n) is 11.9. The van der Waals surface area contributed by atoms with Crippen LogP contribution in [0.15, 0.2) is 6.33 Å². The Balaban J connectivity index is 1.52. The Morgan fingerprint density at radius 2 is 2.38 bits per heavy atom. The third-order valence-electron chi connectivity index (χ3n) is 4.82. The Bertz CT molecular complexity index is 558. The van der Waals surface area contributed by atoms with Crippen molar-refractivity contribution in [3.8, 4) is 0 Å². The minimum absolute atomic E-state index is 0.0357. The number of nitrogens with zero attached hydrogens (tertiary/aromatic N) is 4. The fourth-order valence-corrected chi connectivity index (χ4v) is 3.90. The zero-order chi connectivity index (χ0) is 15.0. The molecule has 0 spiro atoms. The molecular formula is C13H19N5O3. The van der Waals surface area contributed by atoms with Gasteiger partial charge < -0.3 is 15.4 Å². The Hall–Kier alpha value is -1.99. The minimum Gasteiger partial charge on any atom is -0.390 e. The van der Waals surface area contributed by atoms with Crippen LogP contribution < -0.4 is 5.32 Å². The van der Waals surface area contributed by atoms with E-state index in [9.17, 15) is 14.9 Å². The number of hydrogen-bond acceptors (Lipinski definition) is 5. The van der Waals surface area contributed by atoms with E-state index in [0.29, 0.717) is 5.92 Å². The molecule has 0 unspecified atom stereocenters. The maximum atomic E-state index is 12.0. The first-order valence-corrected chi connectivity index (χ1v) is 7.36. The van der Waals surface area contributed by atoms with Gasteiger partial charge in [-0.05, 0) is 48.9 Å². The summed E-state index contributed by atoms with van der Waals surface area (Å²) in [6.07, 6.45) is 6.34. The summed E-state index contributed by atoms with van der Waals surface area (Å²) in [6.45, 7) is 2.01. The van der Waals surface area contributed by atoms with Crippen molar-refractivity contribution in [3.05, 3.63) is 16.4 Å². The highest BCUT2D eigenvalue weighted by molar-refractivity contribution is 5.75. The molecule has 0 radical (unpaired) electrons. The summed E-state index contributed by atoms with van der Waals surface area (Å²) in [4.78, 5) is 25.3. The highest BCUT2D eigenvalue weighted by atomic mass is 16.6. The molecule has 0 aliphatic heterocycles. The third kappa shape index (κ3) is 2.88. The van der Waals surface area contributed by atoms with Gasteiger partial charge in [-0.1, -0.05) is 11.4 Å². The van der Waals surface area contributed by atoms with E-state index in [4.69, 9.17) is 0 Å². The standard InChI is InChI=1S/C13H19N5O3/c1-8(11-5-9-2-3-10(11)4-9)15-12(19)6-17-7-14-13(16-17)18(20)21/h7-11H,2-6H2,1H3,(H,15,19)/t8-,9+,10+,11-/m1/s1. The maximum Gasteiger partial charge on any atom is 0.490 e. The van der Waals surface area contributed by atoms with Gasteiger partial charge in [-0.25, -0.2) is 0 Å². The first-order valence-electron chi connectivity index (χ1n) is 7.36. The van der Waals surface area contributed by atoms with Gasteiger partial charge in [-0.2, -0.15) is 4.68 Å². The molecule has 114 valence electrons. The second kappa shape index (κ2) is 5.42. The molecule has 1 heterocycles. The quantitative estimate of drug-likeness (QED) is 0.647. The Kier molecular flexibility index (Phi) is 3.60. The fourth-order valence-electron chi connectivity index (χ4n) is 3.90. The predicted octanol–water partition coefficient (Wildman–Crippen LogP) is 1.13. The van der Waals surface area contributed by atoms with Gasteiger partial charge in [0.15, 0.2) is 0 Å². The van der Waals surface area contributed by atoms with E-state index >= 15 is 0 Å². The Morgan fingerprint density at radius 3 is 2.95 bits per heavy atom. The summed E-state index contributed by atoms with van der Waals surface area (Å²) in [5.41, 5.74) is 0. The lowest BCUT2D eigenvalue weighted by molar-refractivity contribution is -0.394. The molecular weight excluding hydrogens is 274 g/mol. The SMILES string of the molecule is C[C@@H](NC(=O)Cn1cnc([N+](=O)[O-])n1)[C@H]1C[C@H]2CC[C@H]1C2. The van der Waals surface area contributed by atoms with Crippen LogP contribution in [0, 0.1) is 27.9 Å². The Morgan fingerprint density at radius 1 is 1.57 bits per heavy atom. The van der Waals surface area contributed by atoms with Gasteiger partial charge >= 0.3 is 5.95 Å².